The van der Waals surface area contributed by atoms with E-state index in [1.54, 1.807) is 12.1 Å². The molecule has 0 spiro atoms. The van der Waals surface area contributed by atoms with Gasteiger partial charge in [0.25, 0.3) is 10.0 Å². The van der Waals surface area contributed by atoms with Crippen molar-refractivity contribution in [1.29, 1.82) is 0 Å². The van der Waals surface area contributed by atoms with Crippen molar-refractivity contribution < 1.29 is 17.5 Å². The summed E-state index contributed by atoms with van der Waals surface area (Å²) < 4.78 is 45.4. The predicted molar refractivity (Wildman–Crippen MR) is 77.9 cm³/mol. The summed E-state index contributed by atoms with van der Waals surface area (Å²) in [7, 11) is -3.75. The molecule has 7 heteroatoms. The molecule has 3 rings (SSSR count). The number of ether oxygens (including phenoxy) is 1. The Morgan fingerprint density at radius 3 is 2.76 bits per heavy atom. The van der Waals surface area contributed by atoms with E-state index < -0.39 is 15.8 Å². The van der Waals surface area contributed by atoms with Crippen molar-refractivity contribution in [2.45, 2.75) is 11.3 Å². The highest BCUT2D eigenvalue weighted by Crippen LogP contribution is 2.29. The van der Waals surface area contributed by atoms with Gasteiger partial charge >= 0.3 is 0 Å². The highest BCUT2D eigenvalue weighted by molar-refractivity contribution is 7.92. The smallest absolute Gasteiger partial charge is 0.261 e. The Hall–Kier alpha value is -1.79. The van der Waals surface area contributed by atoms with Gasteiger partial charge in [-0.3, -0.25) is 4.72 Å². The zero-order valence-corrected chi connectivity index (χ0v) is 12.3. The van der Waals surface area contributed by atoms with E-state index in [2.05, 4.69) is 4.72 Å². The lowest BCUT2D eigenvalue weighted by molar-refractivity contribution is 0.356. The predicted octanol–water partition coefficient (Wildman–Crippen LogP) is 3.21. The van der Waals surface area contributed by atoms with Gasteiger partial charge in [-0.1, -0.05) is 11.6 Å². The van der Waals surface area contributed by atoms with E-state index in [1.165, 1.54) is 18.2 Å². The van der Waals surface area contributed by atoms with Crippen molar-refractivity contribution in [1.82, 2.24) is 0 Å². The van der Waals surface area contributed by atoms with E-state index >= 15 is 0 Å². The second-order valence-electron chi connectivity index (χ2n) is 4.60. The van der Waals surface area contributed by atoms with Crippen molar-refractivity contribution >= 4 is 27.3 Å². The van der Waals surface area contributed by atoms with Gasteiger partial charge in [-0.05, 0) is 42.0 Å². The molecule has 2 aromatic rings. The van der Waals surface area contributed by atoms with Gasteiger partial charge in [-0.15, -0.1) is 0 Å². The minimum atomic E-state index is -3.75. The number of sulfonamides is 1. The average Bonchev–Trinajstić information content (AvgIpc) is 2.90. The summed E-state index contributed by atoms with van der Waals surface area (Å²) in [4.78, 5) is 0.132. The molecule has 1 N–H and O–H groups in total. The van der Waals surface area contributed by atoms with E-state index in [0.717, 1.165) is 11.6 Å². The molecule has 110 valence electrons. The van der Waals surface area contributed by atoms with Gasteiger partial charge in [0.1, 0.15) is 11.6 Å². The molecule has 0 bridgehead atoms. The fourth-order valence-electron chi connectivity index (χ4n) is 2.10. The lowest BCUT2D eigenvalue weighted by atomic mass is 10.2. The molecule has 4 nitrogen and oxygen atoms in total. The summed E-state index contributed by atoms with van der Waals surface area (Å²) in [5.41, 5.74) is 1.06. The molecule has 0 saturated heterocycles. The first-order chi connectivity index (χ1) is 9.95. The van der Waals surface area contributed by atoms with Gasteiger partial charge in [-0.25, -0.2) is 12.8 Å². The van der Waals surface area contributed by atoms with Crippen molar-refractivity contribution in [3.8, 4) is 5.75 Å². The largest absolute Gasteiger partial charge is 0.493 e. The van der Waals surface area contributed by atoms with Gasteiger partial charge in [-0.2, -0.15) is 0 Å². The molecule has 0 radical (unpaired) electrons. The fourth-order valence-corrected chi connectivity index (χ4v) is 3.38. The maximum atomic E-state index is 13.1. The Balaban J connectivity index is 1.91. The fraction of sp³-hybridized carbons (Fsp3) is 0.143. The molecule has 21 heavy (non-hydrogen) atoms. The van der Waals surface area contributed by atoms with Crippen molar-refractivity contribution in [3.05, 3.63) is 52.8 Å². The number of hydrogen-bond acceptors (Lipinski definition) is 3. The van der Waals surface area contributed by atoms with E-state index in [4.69, 9.17) is 16.3 Å². The van der Waals surface area contributed by atoms with Crippen LogP contribution in [0.25, 0.3) is 0 Å². The van der Waals surface area contributed by atoms with Gasteiger partial charge in [0.2, 0.25) is 0 Å². The van der Waals surface area contributed by atoms with Crippen LogP contribution < -0.4 is 9.46 Å². The minimum absolute atomic E-state index is 0.132. The quantitative estimate of drug-likeness (QED) is 0.941. The zero-order valence-electron chi connectivity index (χ0n) is 10.8. The molecule has 0 aliphatic carbocycles. The number of hydrogen-bond donors (Lipinski definition) is 1. The molecule has 0 amide bonds. The monoisotopic (exact) mass is 327 g/mol. The van der Waals surface area contributed by atoms with Crippen LogP contribution in [0.1, 0.15) is 5.56 Å². The first-order valence-corrected chi connectivity index (χ1v) is 8.05. The van der Waals surface area contributed by atoms with Crippen LogP contribution >= 0.6 is 11.6 Å². The van der Waals surface area contributed by atoms with Crippen molar-refractivity contribution in [3.63, 3.8) is 0 Å². The van der Waals surface area contributed by atoms with Gasteiger partial charge in [0.15, 0.2) is 0 Å². The van der Waals surface area contributed by atoms with Crippen LogP contribution in [0.4, 0.5) is 10.1 Å². The highest BCUT2D eigenvalue weighted by atomic mass is 35.5. The molecule has 1 aliphatic rings. The number of rotatable bonds is 3. The SMILES string of the molecule is O=S(=O)(Nc1ccc(F)c(Cl)c1)c1ccc2c(c1)CCO2. The number of halogens is 2. The first kappa shape index (κ1) is 14.2. The maximum absolute atomic E-state index is 13.1. The third kappa shape index (κ3) is 2.82. The van der Waals surface area contributed by atoms with Crippen LogP contribution in [0.2, 0.25) is 5.02 Å². The van der Waals surface area contributed by atoms with Gasteiger partial charge in [0, 0.05) is 6.42 Å². The molecule has 1 aliphatic heterocycles. The second kappa shape index (κ2) is 5.20. The molecule has 0 fully saturated rings. The van der Waals surface area contributed by atoms with E-state index in [0.29, 0.717) is 18.8 Å². The molecule has 0 atom stereocenters. The highest BCUT2D eigenvalue weighted by Gasteiger charge is 2.19. The summed E-state index contributed by atoms with van der Waals surface area (Å²) in [6.07, 6.45) is 0.682. The molecule has 0 unspecified atom stereocenters. The zero-order chi connectivity index (χ0) is 15.0. The Labute approximate surface area is 126 Å². The van der Waals surface area contributed by atoms with Crippen LogP contribution in [0.3, 0.4) is 0 Å². The normalized spacial score (nSPS) is 13.6. The number of benzene rings is 2. The van der Waals surface area contributed by atoms with Crippen molar-refractivity contribution in [2.24, 2.45) is 0 Å². The summed E-state index contributed by atoms with van der Waals surface area (Å²) in [6, 6.07) is 8.33. The number of nitrogens with one attached hydrogen (secondary N) is 1. The molecular formula is C14H11ClFNO3S. The lowest BCUT2D eigenvalue weighted by Gasteiger charge is -2.09. The molecular weight excluding hydrogens is 317 g/mol. The van der Waals surface area contributed by atoms with Crippen LogP contribution in [-0.4, -0.2) is 15.0 Å². The van der Waals surface area contributed by atoms with Crippen LogP contribution in [-0.2, 0) is 16.4 Å². The molecule has 1 heterocycles. The summed E-state index contributed by atoms with van der Waals surface area (Å²) in [5, 5.41) is -0.141. The molecule has 0 aromatic heterocycles. The Morgan fingerprint density at radius 1 is 1.19 bits per heavy atom. The van der Waals surface area contributed by atoms with E-state index in [9.17, 15) is 12.8 Å². The van der Waals surface area contributed by atoms with Crippen molar-refractivity contribution in [2.75, 3.05) is 11.3 Å². The van der Waals surface area contributed by atoms with Crippen LogP contribution in [0, 0.1) is 5.82 Å². The Kier molecular flexibility index (Phi) is 3.51. The topological polar surface area (TPSA) is 55.4 Å². The lowest BCUT2D eigenvalue weighted by Crippen LogP contribution is -2.13. The van der Waals surface area contributed by atoms with Gasteiger partial charge < -0.3 is 4.74 Å². The third-order valence-corrected chi connectivity index (χ3v) is 4.81. The maximum Gasteiger partial charge on any atom is 0.261 e. The Bertz CT molecular complexity index is 808. The molecule has 0 saturated carbocycles. The van der Waals surface area contributed by atoms with Crippen LogP contribution in [0.5, 0.6) is 5.75 Å². The molecule has 2 aromatic carbocycles. The first-order valence-electron chi connectivity index (χ1n) is 6.19. The number of fused-ring (bicyclic) bond motifs is 1. The second-order valence-corrected chi connectivity index (χ2v) is 6.69. The minimum Gasteiger partial charge on any atom is -0.493 e. The summed E-state index contributed by atoms with van der Waals surface area (Å²) in [5.74, 6) is 0.105. The third-order valence-electron chi connectivity index (χ3n) is 3.14. The average molecular weight is 328 g/mol. The standard InChI is InChI=1S/C14H11ClFNO3S/c15-12-8-10(1-3-13(12)16)17-21(18,19)11-2-4-14-9(7-11)5-6-20-14/h1-4,7-8,17H,5-6H2. The van der Waals surface area contributed by atoms with E-state index in [-0.39, 0.29) is 15.6 Å². The summed E-state index contributed by atoms with van der Waals surface area (Å²) in [6.45, 7) is 0.555. The van der Waals surface area contributed by atoms with E-state index in [1.807, 2.05) is 0 Å². The summed E-state index contributed by atoms with van der Waals surface area (Å²) >= 11 is 5.64. The van der Waals surface area contributed by atoms with Crippen LogP contribution in [0.15, 0.2) is 41.3 Å². The Morgan fingerprint density at radius 2 is 2.00 bits per heavy atom. The van der Waals surface area contributed by atoms with Gasteiger partial charge in [0.05, 0.1) is 22.2 Å². The number of anilines is 1.